The highest BCUT2D eigenvalue weighted by molar-refractivity contribution is 5.09. The number of unbranched alkanes of at least 4 members (excludes halogenated alkanes) is 15. The molecule has 0 saturated heterocycles. The zero-order valence-corrected chi connectivity index (χ0v) is 21.4. The number of hydrogen-bond acceptors (Lipinski definition) is 2. The molecule has 0 spiro atoms. The van der Waals surface area contributed by atoms with Crippen molar-refractivity contribution >= 4 is 0 Å². The Morgan fingerprint density at radius 2 is 0.833 bits per heavy atom. The van der Waals surface area contributed by atoms with Crippen molar-refractivity contribution in [1.82, 2.24) is 0 Å². The van der Waals surface area contributed by atoms with E-state index in [1.165, 1.54) is 134 Å². The molecule has 0 aliphatic heterocycles. The molecule has 0 bridgehead atoms. The fourth-order valence-electron chi connectivity index (χ4n) is 4.19. The highest BCUT2D eigenvalue weighted by atomic mass is 16.7. The van der Waals surface area contributed by atoms with Gasteiger partial charge in [-0.05, 0) is 37.7 Å². The molecule has 0 unspecified atom stereocenters. The van der Waals surface area contributed by atoms with E-state index in [2.05, 4.69) is 20.8 Å². The molecule has 30 heavy (non-hydrogen) atoms. The van der Waals surface area contributed by atoms with Crippen LogP contribution in [0.1, 0.15) is 156 Å². The van der Waals surface area contributed by atoms with E-state index in [9.17, 15) is 0 Å². The van der Waals surface area contributed by atoms with E-state index in [0.717, 1.165) is 6.42 Å². The van der Waals surface area contributed by atoms with E-state index in [4.69, 9.17) is 9.47 Å². The number of allylic oxidation sites excluding steroid dienone is 2. The summed E-state index contributed by atoms with van der Waals surface area (Å²) in [4.78, 5) is 0. The van der Waals surface area contributed by atoms with E-state index in [0.29, 0.717) is 6.79 Å². The van der Waals surface area contributed by atoms with Crippen LogP contribution >= 0.6 is 0 Å². The van der Waals surface area contributed by atoms with Gasteiger partial charge < -0.3 is 9.47 Å². The molecule has 0 aliphatic carbocycles. The summed E-state index contributed by atoms with van der Waals surface area (Å²) in [6.07, 6.45) is 28.1. The number of ether oxygens (including phenoxy) is 2. The summed E-state index contributed by atoms with van der Waals surface area (Å²) in [7, 11) is 1.74. The van der Waals surface area contributed by atoms with Gasteiger partial charge >= 0.3 is 0 Å². The van der Waals surface area contributed by atoms with Gasteiger partial charge in [0.15, 0.2) is 6.79 Å². The van der Waals surface area contributed by atoms with Crippen LogP contribution in [0.5, 0.6) is 0 Å². The van der Waals surface area contributed by atoms with E-state index in [1.54, 1.807) is 12.7 Å². The van der Waals surface area contributed by atoms with Crippen LogP contribution in [0, 0.1) is 0 Å². The first kappa shape index (κ1) is 29.5. The van der Waals surface area contributed by atoms with E-state index >= 15 is 0 Å². The minimum atomic E-state index is 0.404. The van der Waals surface area contributed by atoms with Crippen LogP contribution in [-0.4, -0.2) is 13.9 Å². The Bertz CT molecular complexity index is 362. The molecule has 0 atom stereocenters. The second-order valence-corrected chi connectivity index (χ2v) is 9.13. The van der Waals surface area contributed by atoms with Crippen molar-refractivity contribution in [1.29, 1.82) is 0 Å². The Labute approximate surface area is 190 Å². The lowest BCUT2D eigenvalue weighted by molar-refractivity contribution is 0.000280. The molecule has 0 aromatic carbocycles. The fourth-order valence-corrected chi connectivity index (χ4v) is 4.19. The number of hydrogen-bond donors (Lipinski definition) is 0. The zero-order valence-electron chi connectivity index (χ0n) is 21.4. The monoisotopic (exact) mass is 424 g/mol. The third-order valence-electron chi connectivity index (χ3n) is 6.17. The lowest BCUT2D eigenvalue weighted by Crippen LogP contribution is -2.03. The zero-order chi connectivity index (χ0) is 22.1. The molecule has 0 aliphatic rings. The number of methoxy groups -OCH3 is 1. The molecule has 0 amide bonds. The average molecular weight is 425 g/mol. The minimum absolute atomic E-state index is 0.404. The second-order valence-electron chi connectivity index (χ2n) is 9.13. The molecule has 0 saturated carbocycles. The third kappa shape index (κ3) is 19.5. The quantitative estimate of drug-likeness (QED) is 0.0871. The van der Waals surface area contributed by atoms with E-state index < -0.39 is 0 Å². The molecule has 180 valence electrons. The minimum Gasteiger partial charge on any atom is -0.472 e. The Kier molecular flexibility index (Phi) is 24.4. The first-order valence-corrected chi connectivity index (χ1v) is 13.6. The van der Waals surface area contributed by atoms with Crippen molar-refractivity contribution in [2.24, 2.45) is 0 Å². The highest BCUT2D eigenvalue weighted by Gasteiger charge is 2.10. The summed E-state index contributed by atoms with van der Waals surface area (Å²) in [5, 5.41) is 0. The standard InChI is InChI=1S/C28H56O2/c1-5-8-11-14-16-18-21-24-27(23-20-13-10-7-3)28(30-26-29-4)25-22-19-17-15-12-9-6-2/h5-26H2,1-4H3. The van der Waals surface area contributed by atoms with Crippen LogP contribution in [-0.2, 0) is 9.47 Å². The predicted octanol–water partition coefficient (Wildman–Crippen LogP) is 10.1. The van der Waals surface area contributed by atoms with Crippen molar-refractivity contribution in [3.63, 3.8) is 0 Å². The van der Waals surface area contributed by atoms with Crippen LogP contribution in [0.3, 0.4) is 0 Å². The van der Waals surface area contributed by atoms with Gasteiger partial charge in [-0.1, -0.05) is 117 Å². The molecular formula is C28H56O2. The second kappa shape index (κ2) is 24.8. The van der Waals surface area contributed by atoms with Gasteiger partial charge in [-0.3, -0.25) is 0 Å². The fraction of sp³-hybridized carbons (Fsp3) is 0.929. The van der Waals surface area contributed by atoms with E-state index in [-0.39, 0.29) is 0 Å². The Morgan fingerprint density at radius 3 is 1.27 bits per heavy atom. The van der Waals surface area contributed by atoms with Crippen LogP contribution in [0.15, 0.2) is 11.3 Å². The summed E-state index contributed by atoms with van der Waals surface area (Å²) in [6.45, 7) is 7.28. The third-order valence-corrected chi connectivity index (χ3v) is 6.17. The lowest BCUT2D eigenvalue weighted by Gasteiger charge is -2.17. The Hall–Kier alpha value is -0.500. The largest absolute Gasteiger partial charge is 0.472 e. The average Bonchev–Trinajstić information content (AvgIpc) is 2.76. The van der Waals surface area contributed by atoms with Gasteiger partial charge in [0.25, 0.3) is 0 Å². The maximum Gasteiger partial charge on any atom is 0.188 e. The van der Waals surface area contributed by atoms with Gasteiger partial charge in [-0.15, -0.1) is 0 Å². The van der Waals surface area contributed by atoms with Crippen LogP contribution < -0.4 is 0 Å². The van der Waals surface area contributed by atoms with Crippen molar-refractivity contribution in [2.75, 3.05) is 13.9 Å². The maximum absolute atomic E-state index is 6.12. The van der Waals surface area contributed by atoms with Gasteiger partial charge in [-0.2, -0.15) is 0 Å². The molecule has 2 heteroatoms. The van der Waals surface area contributed by atoms with Gasteiger partial charge in [0.05, 0.1) is 5.76 Å². The predicted molar refractivity (Wildman–Crippen MR) is 134 cm³/mol. The maximum atomic E-state index is 6.12. The molecule has 0 heterocycles. The highest BCUT2D eigenvalue weighted by Crippen LogP contribution is 2.26. The Balaban J connectivity index is 4.57. The van der Waals surface area contributed by atoms with Gasteiger partial charge in [0.1, 0.15) is 0 Å². The summed E-state index contributed by atoms with van der Waals surface area (Å²) in [5.74, 6) is 1.27. The van der Waals surface area contributed by atoms with Crippen LogP contribution in [0.25, 0.3) is 0 Å². The smallest absolute Gasteiger partial charge is 0.188 e. The number of rotatable bonds is 24. The normalized spacial score (nSPS) is 12.3. The summed E-state index contributed by atoms with van der Waals surface area (Å²) >= 11 is 0. The summed E-state index contributed by atoms with van der Waals surface area (Å²) in [5.41, 5.74) is 1.60. The molecule has 0 radical (unpaired) electrons. The van der Waals surface area contributed by atoms with Crippen molar-refractivity contribution in [3.05, 3.63) is 11.3 Å². The van der Waals surface area contributed by atoms with Crippen molar-refractivity contribution in [2.45, 2.75) is 156 Å². The molecule has 0 N–H and O–H groups in total. The van der Waals surface area contributed by atoms with Crippen molar-refractivity contribution < 1.29 is 9.47 Å². The van der Waals surface area contributed by atoms with E-state index in [1.807, 2.05) is 0 Å². The van der Waals surface area contributed by atoms with Gasteiger partial charge in [-0.25, -0.2) is 0 Å². The molecule has 0 rings (SSSR count). The van der Waals surface area contributed by atoms with Crippen LogP contribution in [0.2, 0.25) is 0 Å². The topological polar surface area (TPSA) is 18.5 Å². The summed E-state index contributed by atoms with van der Waals surface area (Å²) in [6, 6.07) is 0. The Morgan fingerprint density at radius 1 is 0.467 bits per heavy atom. The molecular weight excluding hydrogens is 368 g/mol. The first-order valence-electron chi connectivity index (χ1n) is 13.6. The SMILES string of the molecule is CCCCCCCCCC(CCCCCC)=C(CCCCCCCCC)OCOC. The van der Waals surface area contributed by atoms with Crippen molar-refractivity contribution in [3.8, 4) is 0 Å². The lowest BCUT2D eigenvalue weighted by atomic mass is 9.96. The molecule has 2 nitrogen and oxygen atoms in total. The van der Waals surface area contributed by atoms with Gasteiger partial charge in [0.2, 0.25) is 0 Å². The van der Waals surface area contributed by atoms with Crippen LogP contribution in [0.4, 0.5) is 0 Å². The summed E-state index contributed by atoms with van der Waals surface area (Å²) < 4.78 is 11.4. The molecule has 0 aromatic rings. The molecule has 0 fully saturated rings. The molecule has 0 aromatic heterocycles. The first-order chi connectivity index (χ1) is 14.8. The van der Waals surface area contributed by atoms with Gasteiger partial charge in [0, 0.05) is 13.5 Å².